The molecule has 0 aliphatic carbocycles. The minimum absolute atomic E-state index is 0.00371. The molecule has 0 unspecified atom stereocenters. The second kappa shape index (κ2) is 5.63. The van der Waals surface area contributed by atoms with Gasteiger partial charge in [0.15, 0.2) is 5.78 Å². The third-order valence-electron chi connectivity index (χ3n) is 3.15. The largest absolute Gasteiger partial charge is 0.508 e. The highest BCUT2D eigenvalue weighted by Crippen LogP contribution is 2.21. The SMILES string of the molecule is CC(=O)c1ccc(O)c(CN2CCS(=O)CC2)c1. The lowest BCUT2D eigenvalue weighted by atomic mass is 10.1. The van der Waals surface area contributed by atoms with Gasteiger partial charge in [-0.25, -0.2) is 0 Å². The van der Waals surface area contributed by atoms with E-state index in [-0.39, 0.29) is 11.5 Å². The zero-order valence-corrected chi connectivity index (χ0v) is 11.2. The first-order valence-electron chi connectivity index (χ1n) is 5.96. The van der Waals surface area contributed by atoms with Crippen LogP contribution < -0.4 is 0 Å². The van der Waals surface area contributed by atoms with Crippen LogP contribution in [0.4, 0.5) is 0 Å². The Bertz CT molecular complexity index is 477. The molecule has 1 saturated heterocycles. The molecule has 1 aromatic rings. The molecular weight excluding hydrogens is 250 g/mol. The molecule has 0 saturated carbocycles. The molecule has 1 aliphatic heterocycles. The van der Waals surface area contributed by atoms with Crippen molar-refractivity contribution in [3.63, 3.8) is 0 Å². The molecule has 4 nitrogen and oxygen atoms in total. The van der Waals surface area contributed by atoms with Gasteiger partial charge in [-0.15, -0.1) is 0 Å². The molecule has 0 atom stereocenters. The van der Waals surface area contributed by atoms with Crippen molar-refractivity contribution in [3.8, 4) is 5.75 Å². The minimum Gasteiger partial charge on any atom is -0.508 e. The van der Waals surface area contributed by atoms with E-state index >= 15 is 0 Å². The predicted octanol–water partition coefficient (Wildman–Crippen LogP) is 1.16. The summed E-state index contributed by atoms with van der Waals surface area (Å²) in [6, 6.07) is 4.93. The number of ketones is 1. The van der Waals surface area contributed by atoms with E-state index in [1.807, 2.05) is 0 Å². The normalized spacial score (nSPS) is 17.8. The first-order chi connectivity index (χ1) is 8.56. The summed E-state index contributed by atoms with van der Waals surface area (Å²) in [6.07, 6.45) is 0. The van der Waals surface area contributed by atoms with Crippen molar-refractivity contribution >= 4 is 16.6 Å². The molecule has 1 N–H and O–H groups in total. The lowest BCUT2D eigenvalue weighted by Crippen LogP contribution is -2.37. The van der Waals surface area contributed by atoms with Crippen LogP contribution in [0, 0.1) is 0 Å². The number of hydrogen-bond donors (Lipinski definition) is 1. The highest BCUT2D eigenvalue weighted by Gasteiger charge is 2.17. The van der Waals surface area contributed by atoms with Crippen molar-refractivity contribution in [2.45, 2.75) is 13.5 Å². The number of hydrogen-bond acceptors (Lipinski definition) is 4. The van der Waals surface area contributed by atoms with Gasteiger partial charge in [0.2, 0.25) is 0 Å². The lowest BCUT2D eigenvalue weighted by Gasteiger charge is -2.26. The Kier molecular flexibility index (Phi) is 4.14. The van der Waals surface area contributed by atoms with Gasteiger partial charge in [0.25, 0.3) is 0 Å². The molecule has 0 aromatic heterocycles. The molecule has 1 aliphatic rings. The monoisotopic (exact) mass is 267 g/mol. The smallest absolute Gasteiger partial charge is 0.159 e. The fraction of sp³-hybridized carbons (Fsp3) is 0.462. The Balaban J connectivity index is 2.10. The van der Waals surface area contributed by atoms with Crippen LogP contribution in [0.15, 0.2) is 18.2 Å². The van der Waals surface area contributed by atoms with Crippen LogP contribution >= 0.6 is 0 Å². The van der Waals surface area contributed by atoms with Crippen LogP contribution in [0.2, 0.25) is 0 Å². The van der Waals surface area contributed by atoms with Gasteiger partial charge in [0.1, 0.15) is 5.75 Å². The number of aromatic hydroxyl groups is 1. The molecule has 1 heterocycles. The zero-order chi connectivity index (χ0) is 13.1. The first kappa shape index (κ1) is 13.2. The lowest BCUT2D eigenvalue weighted by molar-refractivity contribution is 0.101. The average Bonchev–Trinajstić information content (AvgIpc) is 2.34. The van der Waals surface area contributed by atoms with Crippen LogP contribution in [0.25, 0.3) is 0 Å². The molecule has 0 radical (unpaired) electrons. The van der Waals surface area contributed by atoms with E-state index in [0.717, 1.165) is 18.7 Å². The average molecular weight is 267 g/mol. The number of phenolic OH excluding ortho intramolecular Hbond substituents is 1. The maximum absolute atomic E-state index is 11.3. The summed E-state index contributed by atoms with van der Waals surface area (Å²) >= 11 is 0. The Morgan fingerprint density at radius 2 is 2.06 bits per heavy atom. The fourth-order valence-corrected chi connectivity index (χ4v) is 3.13. The van der Waals surface area contributed by atoms with Crippen molar-refractivity contribution < 1.29 is 14.1 Å². The number of benzene rings is 1. The van der Waals surface area contributed by atoms with E-state index in [4.69, 9.17) is 0 Å². The summed E-state index contributed by atoms with van der Waals surface area (Å²) in [7, 11) is -0.694. The zero-order valence-electron chi connectivity index (χ0n) is 10.4. The van der Waals surface area contributed by atoms with E-state index in [2.05, 4.69) is 4.90 Å². The molecular formula is C13H17NO3S. The number of rotatable bonds is 3. The molecule has 1 fully saturated rings. The summed E-state index contributed by atoms with van der Waals surface area (Å²) in [6.45, 7) is 3.66. The molecule has 0 amide bonds. The molecule has 5 heteroatoms. The van der Waals surface area contributed by atoms with Crippen LogP contribution in [0.5, 0.6) is 5.75 Å². The van der Waals surface area contributed by atoms with Crippen molar-refractivity contribution in [2.75, 3.05) is 24.6 Å². The van der Waals surface area contributed by atoms with E-state index in [1.165, 1.54) is 6.92 Å². The third-order valence-corrected chi connectivity index (χ3v) is 4.43. The van der Waals surface area contributed by atoms with Gasteiger partial charge < -0.3 is 5.11 Å². The molecule has 2 rings (SSSR count). The number of carbonyl (C=O) groups is 1. The second-order valence-corrected chi connectivity index (χ2v) is 6.22. The number of Topliss-reactive ketones (excluding diaryl/α,β-unsaturated/α-hetero) is 1. The van der Waals surface area contributed by atoms with Gasteiger partial charge in [-0.3, -0.25) is 13.9 Å². The van der Waals surface area contributed by atoms with E-state index < -0.39 is 10.8 Å². The van der Waals surface area contributed by atoms with Crippen LogP contribution in [-0.2, 0) is 17.3 Å². The van der Waals surface area contributed by atoms with Gasteiger partial charge in [-0.05, 0) is 25.1 Å². The minimum atomic E-state index is -0.694. The maximum Gasteiger partial charge on any atom is 0.159 e. The van der Waals surface area contributed by atoms with Gasteiger partial charge >= 0.3 is 0 Å². The highest BCUT2D eigenvalue weighted by atomic mass is 32.2. The summed E-state index contributed by atoms with van der Waals surface area (Å²) in [5.74, 6) is 1.59. The van der Waals surface area contributed by atoms with Crippen molar-refractivity contribution in [1.29, 1.82) is 0 Å². The fourth-order valence-electron chi connectivity index (χ4n) is 2.01. The van der Waals surface area contributed by atoms with Crippen LogP contribution in [-0.4, -0.2) is 44.6 Å². The van der Waals surface area contributed by atoms with E-state index in [9.17, 15) is 14.1 Å². The molecule has 98 valence electrons. The van der Waals surface area contributed by atoms with Crippen molar-refractivity contribution in [3.05, 3.63) is 29.3 Å². The van der Waals surface area contributed by atoms with Gasteiger partial charge in [0.05, 0.1) is 0 Å². The van der Waals surface area contributed by atoms with E-state index in [0.29, 0.717) is 23.6 Å². The standard InChI is InChI=1S/C13H17NO3S/c1-10(15)11-2-3-13(16)12(8-11)9-14-4-6-18(17)7-5-14/h2-3,8,16H,4-7,9H2,1H3. The predicted molar refractivity (Wildman–Crippen MR) is 71.3 cm³/mol. The van der Waals surface area contributed by atoms with Crippen LogP contribution in [0.1, 0.15) is 22.8 Å². The number of carbonyl (C=O) groups excluding carboxylic acids is 1. The Hall–Kier alpha value is -1.20. The molecule has 0 bridgehead atoms. The Morgan fingerprint density at radius 3 is 2.67 bits per heavy atom. The summed E-state index contributed by atoms with van der Waals surface area (Å²) < 4.78 is 11.3. The topological polar surface area (TPSA) is 57.6 Å². The molecule has 1 aromatic carbocycles. The van der Waals surface area contributed by atoms with Crippen LogP contribution in [0.3, 0.4) is 0 Å². The quantitative estimate of drug-likeness (QED) is 0.835. The number of nitrogens with zero attached hydrogens (tertiary/aromatic N) is 1. The molecule has 0 spiro atoms. The Morgan fingerprint density at radius 1 is 1.39 bits per heavy atom. The Labute approximate surface area is 109 Å². The summed E-state index contributed by atoms with van der Waals surface area (Å²) in [5, 5.41) is 9.80. The third kappa shape index (κ3) is 3.17. The van der Waals surface area contributed by atoms with Gasteiger partial charge in [0, 0.05) is 53.1 Å². The second-order valence-electron chi connectivity index (χ2n) is 4.52. The highest BCUT2D eigenvalue weighted by molar-refractivity contribution is 7.85. The first-order valence-corrected chi connectivity index (χ1v) is 7.45. The van der Waals surface area contributed by atoms with Crippen molar-refractivity contribution in [2.24, 2.45) is 0 Å². The van der Waals surface area contributed by atoms with Gasteiger partial charge in [-0.1, -0.05) is 0 Å². The van der Waals surface area contributed by atoms with Crippen molar-refractivity contribution in [1.82, 2.24) is 4.90 Å². The summed E-state index contributed by atoms with van der Waals surface area (Å²) in [5.41, 5.74) is 1.37. The molecule has 18 heavy (non-hydrogen) atoms. The number of phenols is 1. The van der Waals surface area contributed by atoms with Gasteiger partial charge in [-0.2, -0.15) is 0 Å². The van der Waals surface area contributed by atoms with E-state index in [1.54, 1.807) is 18.2 Å². The maximum atomic E-state index is 11.3. The summed E-state index contributed by atoms with van der Waals surface area (Å²) in [4.78, 5) is 13.5.